The average Bonchev–Trinajstić information content (AvgIpc) is 2.46. The summed E-state index contributed by atoms with van der Waals surface area (Å²) < 4.78 is 0. The zero-order valence-corrected chi connectivity index (χ0v) is 12.9. The lowest BCUT2D eigenvalue weighted by atomic mass is 9.80. The first kappa shape index (κ1) is 17.4. The largest absolute Gasteiger partial charge is 0.389 e. The zero-order chi connectivity index (χ0) is 14.4. The first-order valence-electron chi connectivity index (χ1n) is 6.92. The van der Waals surface area contributed by atoms with Crippen LogP contribution in [0.15, 0.2) is 42.1 Å². The van der Waals surface area contributed by atoms with E-state index in [0.29, 0.717) is 25.0 Å². The molecule has 4 nitrogen and oxygen atoms in total. The number of benzene rings is 1. The highest BCUT2D eigenvalue weighted by Gasteiger charge is 2.31. The van der Waals surface area contributed by atoms with Gasteiger partial charge in [0, 0.05) is 32.1 Å². The van der Waals surface area contributed by atoms with Gasteiger partial charge in [-0.05, 0) is 18.5 Å². The van der Waals surface area contributed by atoms with Gasteiger partial charge in [0.25, 0.3) is 0 Å². The lowest BCUT2D eigenvalue weighted by molar-refractivity contribution is -0.124. The smallest absolute Gasteiger partial charge is 0.168 e. The van der Waals surface area contributed by atoms with Crippen LogP contribution < -0.4 is 10.6 Å². The van der Waals surface area contributed by atoms with Gasteiger partial charge in [0.2, 0.25) is 0 Å². The van der Waals surface area contributed by atoms with E-state index >= 15 is 0 Å². The number of halogens is 1. The summed E-state index contributed by atoms with van der Waals surface area (Å²) in [4.78, 5) is 24.2. The van der Waals surface area contributed by atoms with E-state index in [1.165, 1.54) is 0 Å². The highest BCUT2D eigenvalue weighted by atomic mass is 35.5. The lowest BCUT2D eigenvalue weighted by Gasteiger charge is -2.22. The Hall–Kier alpha value is -1.65. The highest BCUT2D eigenvalue weighted by Crippen LogP contribution is 2.31. The minimum atomic E-state index is -0.0629. The second-order valence-corrected chi connectivity index (χ2v) is 4.98. The van der Waals surface area contributed by atoms with Gasteiger partial charge in [0.1, 0.15) is 0 Å². The van der Waals surface area contributed by atoms with Crippen LogP contribution in [0.2, 0.25) is 0 Å². The van der Waals surface area contributed by atoms with Gasteiger partial charge in [-0.1, -0.05) is 30.3 Å². The number of hydrogen-bond donors (Lipinski definition) is 2. The molecular weight excluding hydrogens is 288 g/mol. The van der Waals surface area contributed by atoms with E-state index in [1.54, 1.807) is 6.20 Å². The lowest BCUT2D eigenvalue weighted by Crippen LogP contribution is -2.28. The Labute approximate surface area is 131 Å². The van der Waals surface area contributed by atoms with Crippen LogP contribution in [-0.4, -0.2) is 31.7 Å². The summed E-state index contributed by atoms with van der Waals surface area (Å²) in [6.45, 7) is 1.49. The molecule has 1 saturated carbocycles. The first-order chi connectivity index (χ1) is 9.72. The van der Waals surface area contributed by atoms with Gasteiger partial charge in [-0.15, -0.1) is 12.4 Å². The zero-order valence-electron chi connectivity index (χ0n) is 12.1. The summed E-state index contributed by atoms with van der Waals surface area (Å²) in [5.74, 6) is -0.107. The molecule has 1 aromatic rings. The molecule has 2 N–H and O–H groups in total. The summed E-state index contributed by atoms with van der Waals surface area (Å²) in [6, 6.07) is 9.77. The van der Waals surface area contributed by atoms with Crippen molar-refractivity contribution in [3.8, 4) is 0 Å². The van der Waals surface area contributed by atoms with Gasteiger partial charge in [0.05, 0.1) is 5.57 Å². The second-order valence-electron chi connectivity index (χ2n) is 4.98. The molecule has 0 aromatic heterocycles. The number of nitrogens with one attached hydrogen (secondary N) is 2. The van der Waals surface area contributed by atoms with E-state index in [2.05, 4.69) is 10.6 Å². The van der Waals surface area contributed by atoms with Crippen molar-refractivity contribution in [3.05, 3.63) is 47.7 Å². The molecule has 0 unspecified atom stereocenters. The first-order valence-corrected chi connectivity index (χ1v) is 6.92. The van der Waals surface area contributed by atoms with E-state index in [1.807, 2.05) is 37.4 Å². The minimum absolute atomic E-state index is 0. The van der Waals surface area contributed by atoms with Crippen LogP contribution in [0.3, 0.4) is 0 Å². The molecule has 1 aliphatic carbocycles. The van der Waals surface area contributed by atoms with Gasteiger partial charge in [-0.2, -0.15) is 0 Å². The van der Waals surface area contributed by atoms with Crippen molar-refractivity contribution >= 4 is 24.0 Å². The van der Waals surface area contributed by atoms with Crippen molar-refractivity contribution in [2.45, 2.75) is 18.8 Å². The van der Waals surface area contributed by atoms with Crippen molar-refractivity contribution in [1.82, 2.24) is 10.6 Å². The fourth-order valence-electron chi connectivity index (χ4n) is 2.39. The molecule has 0 heterocycles. The van der Waals surface area contributed by atoms with Crippen molar-refractivity contribution < 1.29 is 9.59 Å². The Morgan fingerprint density at radius 3 is 2.29 bits per heavy atom. The van der Waals surface area contributed by atoms with E-state index in [0.717, 1.165) is 12.1 Å². The molecule has 0 amide bonds. The Morgan fingerprint density at radius 1 is 1.10 bits per heavy atom. The van der Waals surface area contributed by atoms with E-state index < -0.39 is 0 Å². The van der Waals surface area contributed by atoms with Gasteiger partial charge >= 0.3 is 0 Å². The molecule has 21 heavy (non-hydrogen) atoms. The standard InChI is InChI=1S/C16H20N2O2.ClH/c1-17-7-8-18-11-14-15(19)9-13(10-16(14)20)12-5-3-2-4-6-12;/h2-6,11,13,17-18H,7-10H2,1H3;1H. The topological polar surface area (TPSA) is 58.2 Å². The highest BCUT2D eigenvalue weighted by molar-refractivity contribution is 6.22. The number of rotatable bonds is 5. The molecule has 1 aliphatic rings. The number of allylic oxidation sites excluding steroid dienone is 1. The van der Waals surface area contributed by atoms with Crippen molar-refractivity contribution in [2.24, 2.45) is 0 Å². The Balaban J connectivity index is 0.00000220. The number of likely N-dealkylation sites (N-methyl/N-ethyl adjacent to an activating group) is 1. The van der Waals surface area contributed by atoms with Crippen LogP contribution in [-0.2, 0) is 9.59 Å². The normalized spacial score (nSPS) is 18.1. The Kier molecular flexibility index (Phi) is 7.12. The molecule has 0 radical (unpaired) electrons. The van der Waals surface area contributed by atoms with Crippen molar-refractivity contribution in [2.75, 3.05) is 20.1 Å². The maximum Gasteiger partial charge on any atom is 0.168 e. The molecule has 0 bridgehead atoms. The summed E-state index contributed by atoms with van der Waals surface area (Å²) in [5.41, 5.74) is 1.38. The minimum Gasteiger partial charge on any atom is -0.389 e. The quantitative estimate of drug-likeness (QED) is 0.495. The third-order valence-electron chi connectivity index (χ3n) is 3.50. The van der Waals surface area contributed by atoms with Crippen LogP contribution in [0.1, 0.15) is 24.3 Å². The number of Topliss-reactive ketones (excluding diaryl/α,β-unsaturated/α-hetero) is 2. The predicted octanol–water partition coefficient (Wildman–Crippen LogP) is 1.82. The number of hydrogen-bond acceptors (Lipinski definition) is 4. The van der Waals surface area contributed by atoms with E-state index in [9.17, 15) is 9.59 Å². The molecule has 0 atom stereocenters. The average molecular weight is 309 g/mol. The fraction of sp³-hybridized carbons (Fsp3) is 0.375. The molecule has 2 rings (SSSR count). The third-order valence-corrected chi connectivity index (χ3v) is 3.50. The van der Waals surface area contributed by atoms with Gasteiger partial charge in [-0.3, -0.25) is 9.59 Å². The Bertz CT molecular complexity index is 494. The summed E-state index contributed by atoms with van der Waals surface area (Å²) in [6.07, 6.45) is 2.40. The molecule has 1 fully saturated rings. The molecule has 0 saturated heterocycles. The van der Waals surface area contributed by atoms with Crippen LogP contribution >= 0.6 is 12.4 Å². The van der Waals surface area contributed by atoms with Crippen LogP contribution in [0.5, 0.6) is 0 Å². The summed E-state index contributed by atoms with van der Waals surface area (Å²) in [5, 5.41) is 6.00. The van der Waals surface area contributed by atoms with E-state index in [-0.39, 0.29) is 29.9 Å². The van der Waals surface area contributed by atoms with Crippen molar-refractivity contribution in [3.63, 3.8) is 0 Å². The van der Waals surface area contributed by atoms with Gasteiger partial charge < -0.3 is 10.6 Å². The van der Waals surface area contributed by atoms with E-state index in [4.69, 9.17) is 0 Å². The monoisotopic (exact) mass is 308 g/mol. The second kappa shape index (κ2) is 8.60. The molecule has 114 valence electrons. The van der Waals surface area contributed by atoms with Gasteiger partial charge in [-0.25, -0.2) is 0 Å². The number of ketones is 2. The van der Waals surface area contributed by atoms with Gasteiger partial charge in [0.15, 0.2) is 11.6 Å². The predicted molar refractivity (Wildman–Crippen MR) is 85.7 cm³/mol. The maximum absolute atomic E-state index is 12.1. The fourth-order valence-corrected chi connectivity index (χ4v) is 2.39. The maximum atomic E-state index is 12.1. The Morgan fingerprint density at radius 2 is 1.71 bits per heavy atom. The molecule has 0 spiro atoms. The molecule has 5 heteroatoms. The summed E-state index contributed by atoms with van der Waals surface area (Å²) >= 11 is 0. The number of carbonyl (C=O) groups excluding carboxylic acids is 2. The van der Waals surface area contributed by atoms with Crippen LogP contribution in [0.25, 0.3) is 0 Å². The van der Waals surface area contributed by atoms with Crippen molar-refractivity contribution in [1.29, 1.82) is 0 Å². The molecule has 0 aliphatic heterocycles. The van der Waals surface area contributed by atoms with Crippen LogP contribution in [0, 0.1) is 0 Å². The van der Waals surface area contributed by atoms with Crippen LogP contribution in [0.4, 0.5) is 0 Å². The molecule has 1 aromatic carbocycles. The molecular formula is C16H21ClN2O2. The summed E-state index contributed by atoms with van der Waals surface area (Å²) in [7, 11) is 1.86. The number of carbonyl (C=O) groups is 2. The SMILES string of the molecule is CNCCNC=C1C(=O)CC(c2ccccc2)CC1=O.Cl. The third kappa shape index (κ3) is 4.69.